The van der Waals surface area contributed by atoms with Crippen molar-refractivity contribution in [1.29, 1.82) is 0 Å². The molecule has 1 aromatic rings. The smallest absolute Gasteiger partial charge is 0.230 e. The van der Waals surface area contributed by atoms with Crippen LogP contribution in [-0.4, -0.2) is 18.5 Å². The van der Waals surface area contributed by atoms with Crippen molar-refractivity contribution in [2.24, 2.45) is 0 Å². The summed E-state index contributed by atoms with van der Waals surface area (Å²) in [4.78, 5) is 0. The van der Waals surface area contributed by atoms with Crippen LogP contribution in [0.25, 0.3) is 5.76 Å². The molecule has 1 heterocycles. The summed E-state index contributed by atoms with van der Waals surface area (Å²) < 4.78 is 10.5. The summed E-state index contributed by atoms with van der Waals surface area (Å²) in [6.07, 6.45) is 1.63. The lowest BCUT2D eigenvalue weighted by Gasteiger charge is -2.20. The third kappa shape index (κ3) is 1.51. The van der Waals surface area contributed by atoms with Gasteiger partial charge in [0, 0.05) is 0 Å². The predicted octanol–water partition coefficient (Wildman–Crippen LogP) is 1.39. The maximum absolute atomic E-state index is 8.75. The zero-order chi connectivity index (χ0) is 9.10. The first kappa shape index (κ1) is 8.13. The van der Waals surface area contributed by atoms with Gasteiger partial charge in [0.05, 0.1) is 12.2 Å². The average molecular weight is 178 g/mol. The van der Waals surface area contributed by atoms with E-state index < -0.39 is 0 Å². The molecule has 0 aliphatic carbocycles. The largest absolute Gasteiger partial charge is 0.457 e. The van der Waals surface area contributed by atoms with Crippen LogP contribution in [0.15, 0.2) is 30.3 Å². The molecule has 0 spiro atoms. The third-order valence-electron chi connectivity index (χ3n) is 1.86. The molecule has 0 atom stereocenters. The molecule has 0 bridgehead atoms. The highest BCUT2D eigenvalue weighted by Gasteiger charge is 2.14. The summed E-state index contributed by atoms with van der Waals surface area (Å²) >= 11 is 0. The lowest BCUT2D eigenvalue weighted by atomic mass is 10.1. The first-order chi connectivity index (χ1) is 6.42. The van der Waals surface area contributed by atoms with Gasteiger partial charge in [-0.1, -0.05) is 12.1 Å². The van der Waals surface area contributed by atoms with E-state index in [1.54, 1.807) is 6.08 Å². The Balaban J connectivity index is 2.42. The Morgan fingerprint density at radius 3 is 3.00 bits per heavy atom. The van der Waals surface area contributed by atoms with Gasteiger partial charge in [0.25, 0.3) is 0 Å². The van der Waals surface area contributed by atoms with Crippen LogP contribution < -0.4 is 4.74 Å². The first-order valence-electron chi connectivity index (χ1n) is 4.08. The number of benzene rings is 1. The van der Waals surface area contributed by atoms with Crippen molar-refractivity contribution in [3.8, 4) is 5.75 Å². The van der Waals surface area contributed by atoms with E-state index in [1.807, 2.05) is 24.3 Å². The molecule has 3 nitrogen and oxygen atoms in total. The van der Waals surface area contributed by atoms with Crippen molar-refractivity contribution in [1.82, 2.24) is 0 Å². The summed E-state index contributed by atoms with van der Waals surface area (Å²) in [6, 6.07) is 7.59. The normalized spacial score (nSPS) is 17.5. The minimum atomic E-state index is -0.0241. The van der Waals surface area contributed by atoms with Crippen molar-refractivity contribution in [2.45, 2.75) is 0 Å². The molecule has 0 fully saturated rings. The topological polar surface area (TPSA) is 38.7 Å². The van der Waals surface area contributed by atoms with Crippen LogP contribution in [0, 0.1) is 0 Å². The fourth-order valence-electron chi connectivity index (χ4n) is 1.28. The molecule has 13 heavy (non-hydrogen) atoms. The van der Waals surface area contributed by atoms with Gasteiger partial charge in [-0.25, -0.2) is 0 Å². The molecule has 2 rings (SSSR count). The highest BCUT2D eigenvalue weighted by molar-refractivity contribution is 5.66. The standard InChI is InChI=1S/C10H10O3/c11-6-5-10-8-3-1-2-4-9(8)12-7-13-10/h1-5,11H,6-7H2/b10-5-. The van der Waals surface area contributed by atoms with E-state index >= 15 is 0 Å². The predicted molar refractivity (Wildman–Crippen MR) is 48.1 cm³/mol. The highest BCUT2D eigenvalue weighted by Crippen LogP contribution is 2.30. The maximum Gasteiger partial charge on any atom is 0.230 e. The van der Waals surface area contributed by atoms with Gasteiger partial charge in [-0.3, -0.25) is 0 Å². The van der Waals surface area contributed by atoms with Crippen LogP contribution in [0.5, 0.6) is 5.75 Å². The SMILES string of the molecule is OC/C=C1\OCOc2ccccc21. The number of hydrogen-bond acceptors (Lipinski definition) is 3. The molecular formula is C10H10O3. The Morgan fingerprint density at radius 1 is 1.31 bits per heavy atom. The first-order valence-corrected chi connectivity index (χ1v) is 4.08. The average Bonchev–Trinajstić information content (AvgIpc) is 2.19. The van der Waals surface area contributed by atoms with Crippen LogP contribution in [0.2, 0.25) is 0 Å². The monoisotopic (exact) mass is 178 g/mol. The number of fused-ring (bicyclic) bond motifs is 1. The van der Waals surface area contributed by atoms with Crippen LogP contribution >= 0.6 is 0 Å². The quantitative estimate of drug-likeness (QED) is 0.706. The Kier molecular flexibility index (Phi) is 2.19. The van der Waals surface area contributed by atoms with E-state index in [9.17, 15) is 0 Å². The summed E-state index contributed by atoms with van der Waals surface area (Å²) in [5.41, 5.74) is 0.891. The van der Waals surface area contributed by atoms with Gasteiger partial charge in [-0.15, -0.1) is 0 Å². The van der Waals surface area contributed by atoms with Crippen molar-refractivity contribution in [3.05, 3.63) is 35.9 Å². The summed E-state index contributed by atoms with van der Waals surface area (Å²) in [7, 11) is 0. The second-order valence-electron chi connectivity index (χ2n) is 2.65. The van der Waals surface area contributed by atoms with Gasteiger partial charge in [0.1, 0.15) is 11.5 Å². The Hall–Kier alpha value is -1.48. The second-order valence-corrected chi connectivity index (χ2v) is 2.65. The Labute approximate surface area is 76.2 Å². The Bertz CT molecular complexity index is 331. The summed E-state index contributed by atoms with van der Waals surface area (Å²) in [5.74, 6) is 1.48. The van der Waals surface area contributed by atoms with Gasteiger partial charge in [-0.05, 0) is 18.2 Å². The van der Waals surface area contributed by atoms with E-state index in [-0.39, 0.29) is 13.4 Å². The van der Waals surface area contributed by atoms with Crippen molar-refractivity contribution < 1.29 is 14.6 Å². The van der Waals surface area contributed by atoms with Gasteiger partial charge in [0.2, 0.25) is 6.79 Å². The van der Waals surface area contributed by atoms with Crippen LogP contribution in [0.4, 0.5) is 0 Å². The minimum absolute atomic E-state index is 0.0241. The number of rotatable bonds is 1. The molecule has 1 aliphatic heterocycles. The molecule has 0 saturated carbocycles. The van der Waals surface area contributed by atoms with Gasteiger partial charge < -0.3 is 14.6 Å². The Morgan fingerprint density at radius 2 is 2.15 bits per heavy atom. The van der Waals surface area contributed by atoms with Gasteiger partial charge in [-0.2, -0.15) is 0 Å². The van der Waals surface area contributed by atoms with E-state index in [1.165, 1.54) is 0 Å². The number of aliphatic hydroxyl groups excluding tert-OH is 1. The van der Waals surface area contributed by atoms with E-state index in [0.29, 0.717) is 5.76 Å². The third-order valence-corrected chi connectivity index (χ3v) is 1.86. The number of aliphatic hydroxyl groups is 1. The van der Waals surface area contributed by atoms with Crippen LogP contribution in [-0.2, 0) is 4.74 Å². The van der Waals surface area contributed by atoms with E-state index in [4.69, 9.17) is 14.6 Å². The fraction of sp³-hybridized carbons (Fsp3) is 0.200. The lowest BCUT2D eigenvalue weighted by molar-refractivity contribution is 0.0796. The fourth-order valence-corrected chi connectivity index (χ4v) is 1.28. The molecule has 0 unspecified atom stereocenters. The molecule has 3 heteroatoms. The van der Waals surface area contributed by atoms with Gasteiger partial charge in [0.15, 0.2) is 0 Å². The number of para-hydroxylation sites is 1. The number of hydrogen-bond donors (Lipinski definition) is 1. The number of ether oxygens (including phenoxy) is 2. The minimum Gasteiger partial charge on any atom is -0.457 e. The molecule has 1 N–H and O–H groups in total. The van der Waals surface area contributed by atoms with Crippen molar-refractivity contribution in [3.63, 3.8) is 0 Å². The molecule has 0 amide bonds. The van der Waals surface area contributed by atoms with Crippen molar-refractivity contribution in [2.75, 3.05) is 13.4 Å². The van der Waals surface area contributed by atoms with E-state index in [2.05, 4.69) is 0 Å². The molecule has 68 valence electrons. The van der Waals surface area contributed by atoms with E-state index in [0.717, 1.165) is 11.3 Å². The molecule has 0 radical (unpaired) electrons. The molecule has 1 aromatic carbocycles. The zero-order valence-electron chi connectivity index (χ0n) is 7.06. The molecule has 1 aliphatic rings. The molecule has 0 aromatic heterocycles. The summed E-state index contributed by atoms with van der Waals surface area (Å²) in [6.45, 7) is 0.187. The maximum atomic E-state index is 8.75. The van der Waals surface area contributed by atoms with Crippen LogP contribution in [0.1, 0.15) is 5.56 Å². The molecular weight excluding hydrogens is 168 g/mol. The molecule has 0 saturated heterocycles. The van der Waals surface area contributed by atoms with Gasteiger partial charge >= 0.3 is 0 Å². The second kappa shape index (κ2) is 3.49. The highest BCUT2D eigenvalue weighted by atomic mass is 16.7. The zero-order valence-corrected chi connectivity index (χ0v) is 7.06. The lowest BCUT2D eigenvalue weighted by Crippen LogP contribution is -2.10. The summed E-state index contributed by atoms with van der Waals surface area (Å²) in [5, 5.41) is 8.75. The van der Waals surface area contributed by atoms with Crippen LogP contribution in [0.3, 0.4) is 0 Å². The van der Waals surface area contributed by atoms with Crippen molar-refractivity contribution >= 4 is 5.76 Å².